The summed E-state index contributed by atoms with van der Waals surface area (Å²) < 4.78 is 0. The van der Waals surface area contributed by atoms with Gasteiger partial charge in [0.15, 0.2) is 5.60 Å². The summed E-state index contributed by atoms with van der Waals surface area (Å²) in [5.41, 5.74) is 0.688. The fourth-order valence-corrected chi connectivity index (χ4v) is 1.78. The van der Waals surface area contributed by atoms with Crippen LogP contribution < -0.4 is 0 Å². The number of benzene rings is 2. The zero-order chi connectivity index (χ0) is 12.8. The molecule has 2 aromatic carbocycles. The van der Waals surface area contributed by atoms with Gasteiger partial charge in [0.25, 0.3) is 0 Å². The molecule has 0 saturated heterocycles. The number of aliphatic hydroxyl groups is 1. The molecule has 0 saturated carbocycles. The maximum Gasteiger partial charge on any atom is 0.151 e. The van der Waals surface area contributed by atoms with Crippen LogP contribution in [0.15, 0.2) is 60.7 Å². The van der Waals surface area contributed by atoms with E-state index in [2.05, 4.69) is 11.8 Å². The average molecular weight is 236 g/mol. The molecule has 0 fully saturated rings. The Bertz CT molecular complexity index is 548. The second kappa shape index (κ2) is 5.53. The summed E-state index contributed by atoms with van der Waals surface area (Å²) in [6.07, 6.45) is 0.566. The summed E-state index contributed by atoms with van der Waals surface area (Å²) in [6.45, 7) is 1.94. The van der Waals surface area contributed by atoms with Crippen LogP contribution in [0.25, 0.3) is 0 Å². The van der Waals surface area contributed by atoms with Gasteiger partial charge in [-0.2, -0.15) is 0 Å². The maximum absolute atomic E-state index is 10.6. The first-order valence-corrected chi connectivity index (χ1v) is 6.11. The van der Waals surface area contributed by atoms with Crippen molar-refractivity contribution < 1.29 is 5.11 Å². The topological polar surface area (TPSA) is 20.2 Å². The van der Waals surface area contributed by atoms with E-state index in [1.807, 2.05) is 67.6 Å². The van der Waals surface area contributed by atoms with E-state index in [4.69, 9.17) is 0 Å². The van der Waals surface area contributed by atoms with Crippen LogP contribution in [-0.2, 0) is 5.60 Å². The Morgan fingerprint density at radius 3 is 2.06 bits per heavy atom. The Balaban J connectivity index is 2.33. The molecule has 0 heterocycles. The third kappa shape index (κ3) is 2.80. The lowest BCUT2D eigenvalue weighted by molar-refractivity contribution is 0.0960. The molecule has 0 aliphatic carbocycles. The predicted molar refractivity (Wildman–Crippen MR) is 73.9 cm³/mol. The van der Waals surface area contributed by atoms with Gasteiger partial charge in [0.1, 0.15) is 0 Å². The lowest BCUT2D eigenvalue weighted by Crippen LogP contribution is -2.22. The highest BCUT2D eigenvalue weighted by Crippen LogP contribution is 2.23. The molecule has 2 aromatic rings. The third-order valence-electron chi connectivity index (χ3n) is 2.95. The molecule has 0 radical (unpaired) electrons. The average Bonchev–Trinajstić information content (AvgIpc) is 2.47. The van der Waals surface area contributed by atoms with E-state index in [1.165, 1.54) is 0 Å². The van der Waals surface area contributed by atoms with Crippen LogP contribution in [0.4, 0.5) is 0 Å². The van der Waals surface area contributed by atoms with E-state index in [1.54, 1.807) is 0 Å². The van der Waals surface area contributed by atoms with E-state index in [0.717, 1.165) is 11.1 Å². The highest BCUT2D eigenvalue weighted by molar-refractivity contribution is 5.39. The molecule has 90 valence electrons. The van der Waals surface area contributed by atoms with Crippen LogP contribution in [0, 0.1) is 11.8 Å². The van der Waals surface area contributed by atoms with Crippen LogP contribution in [0.2, 0.25) is 0 Å². The molecule has 2 rings (SSSR count). The van der Waals surface area contributed by atoms with Gasteiger partial charge >= 0.3 is 0 Å². The molecule has 0 bridgehead atoms. The predicted octanol–water partition coefficient (Wildman–Crippen LogP) is 3.34. The minimum Gasteiger partial charge on any atom is -0.373 e. The molecular weight excluding hydrogens is 220 g/mol. The molecule has 1 heteroatoms. The molecule has 0 aliphatic rings. The maximum atomic E-state index is 10.6. The van der Waals surface area contributed by atoms with Gasteiger partial charge in [0, 0.05) is 5.56 Å². The zero-order valence-electron chi connectivity index (χ0n) is 10.4. The van der Waals surface area contributed by atoms with Gasteiger partial charge in [-0.3, -0.25) is 0 Å². The molecular formula is C17H16O. The van der Waals surface area contributed by atoms with Gasteiger partial charge in [-0.05, 0) is 24.1 Å². The molecule has 1 nitrogen and oxygen atoms in total. The molecule has 0 aromatic heterocycles. The van der Waals surface area contributed by atoms with Crippen molar-refractivity contribution in [1.82, 2.24) is 0 Å². The zero-order valence-corrected chi connectivity index (χ0v) is 10.4. The third-order valence-corrected chi connectivity index (χ3v) is 2.95. The fraction of sp³-hybridized carbons (Fsp3) is 0.176. The van der Waals surface area contributed by atoms with Gasteiger partial charge in [-0.25, -0.2) is 0 Å². The van der Waals surface area contributed by atoms with Crippen molar-refractivity contribution in [2.75, 3.05) is 0 Å². The number of hydrogen-bond donors (Lipinski definition) is 1. The Hall–Kier alpha value is -2.04. The summed E-state index contributed by atoms with van der Waals surface area (Å²) >= 11 is 0. The highest BCUT2D eigenvalue weighted by atomic mass is 16.3. The van der Waals surface area contributed by atoms with Gasteiger partial charge < -0.3 is 5.11 Å². The van der Waals surface area contributed by atoms with Gasteiger partial charge in [-0.15, -0.1) is 0 Å². The molecule has 1 N–H and O–H groups in total. The van der Waals surface area contributed by atoms with Gasteiger partial charge in [-0.1, -0.05) is 67.3 Å². The Morgan fingerprint density at radius 1 is 0.944 bits per heavy atom. The Labute approximate surface area is 108 Å². The van der Waals surface area contributed by atoms with Gasteiger partial charge in [0.05, 0.1) is 0 Å². The first-order chi connectivity index (χ1) is 8.74. The highest BCUT2D eigenvalue weighted by Gasteiger charge is 2.23. The van der Waals surface area contributed by atoms with Crippen molar-refractivity contribution in [2.24, 2.45) is 0 Å². The first-order valence-electron chi connectivity index (χ1n) is 6.11. The quantitative estimate of drug-likeness (QED) is 0.793. The molecule has 0 unspecified atom stereocenters. The summed E-state index contributed by atoms with van der Waals surface area (Å²) in [5, 5.41) is 10.6. The van der Waals surface area contributed by atoms with Crippen molar-refractivity contribution in [3.8, 4) is 11.8 Å². The van der Waals surface area contributed by atoms with E-state index in [0.29, 0.717) is 6.42 Å². The molecule has 1 atom stereocenters. The van der Waals surface area contributed by atoms with Crippen molar-refractivity contribution in [3.63, 3.8) is 0 Å². The Kier molecular flexibility index (Phi) is 3.82. The largest absolute Gasteiger partial charge is 0.373 e. The monoisotopic (exact) mass is 236 g/mol. The van der Waals surface area contributed by atoms with Crippen LogP contribution in [0.1, 0.15) is 24.5 Å². The lowest BCUT2D eigenvalue weighted by Gasteiger charge is -2.20. The van der Waals surface area contributed by atoms with Crippen LogP contribution in [0.5, 0.6) is 0 Å². The van der Waals surface area contributed by atoms with Crippen molar-refractivity contribution >= 4 is 0 Å². The molecule has 0 amide bonds. The van der Waals surface area contributed by atoms with Crippen LogP contribution in [0.3, 0.4) is 0 Å². The summed E-state index contributed by atoms with van der Waals surface area (Å²) in [7, 11) is 0. The normalized spacial score (nSPS) is 13.2. The van der Waals surface area contributed by atoms with Crippen LogP contribution in [-0.4, -0.2) is 5.11 Å². The van der Waals surface area contributed by atoms with E-state index in [-0.39, 0.29) is 0 Å². The lowest BCUT2D eigenvalue weighted by atomic mass is 9.91. The van der Waals surface area contributed by atoms with Crippen molar-refractivity contribution in [1.29, 1.82) is 0 Å². The van der Waals surface area contributed by atoms with Crippen LogP contribution >= 0.6 is 0 Å². The number of rotatable bonds is 2. The number of hydrogen-bond acceptors (Lipinski definition) is 1. The summed E-state index contributed by atoms with van der Waals surface area (Å²) in [5.74, 6) is 6.02. The van der Waals surface area contributed by atoms with Crippen molar-refractivity contribution in [2.45, 2.75) is 18.9 Å². The molecule has 18 heavy (non-hydrogen) atoms. The van der Waals surface area contributed by atoms with Gasteiger partial charge in [0.2, 0.25) is 0 Å². The van der Waals surface area contributed by atoms with E-state index >= 15 is 0 Å². The van der Waals surface area contributed by atoms with E-state index < -0.39 is 5.60 Å². The summed E-state index contributed by atoms with van der Waals surface area (Å²) in [6, 6.07) is 19.3. The van der Waals surface area contributed by atoms with Crippen molar-refractivity contribution in [3.05, 3.63) is 71.8 Å². The minimum absolute atomic E-state index is 0.566. The molecule has 0 spiro atoms. The molecule has 0 aliphatic heterocycles. The first kappa shape index (κ1) is 12.4. The summed E-state index contributed by atoms with van der Waals surface area (Å²) in [4.78, 5) is 0. The van der Waals surface area contributed by atoms with E-state index in [9.17, 15) is 5.11 Å². The fourth-order valence-electron chi connectivity index (χ4n) is 1.78. The minimum atomic E-state index is -1.07. The Morgan fingerprint density at radius 2 is 1.50 bits per heavy atom. The second-order valence-corrected chi connectivity index (χ2v) is 4.20. The SMILES string of the molecule is CC[C@](O)(C#Cc1ccccc1)c1ccccc1. The standard InChI is InChI=1S/C17H16O/c1-2-17(18,16-11-7-4-8-12-16)14-13-15-9-5-3-6-10-15/h3-12,18H,2H2,1H3/t17-/m0/s1. The second-order valence-electron chi connectivity index (χ2n) is 4.20. The smallest absolute Gasteiger partial charge is 0.151 e.